The highest BCUT2D eigenvalue weighted by molar-refractivity contribution is 6.04. The van der Waals surface area contributed by atoms with Crippen LogP contribution >= 0.6 is 0 Å². The number of anilines is 2. The van der Waals surface area contributed by atoms with Crippen molar-refractivity contribution in [3.8, 4) is 11.5 Å². The molecular formula is C26H31N3O4. The van der Waals surface area contributed by atoms with Crippen LogP contribution in [0.5, 0.6) is 11.5 Å². The number of carbonyl (C=O) groups is 2. The summed E-state index contributed by atoms with van der Waals surface area (Å²) in [4.78, 5) is 27.1. The van der Waals surface area contributed by atoms with E-state index >= 15 is 0 Å². The molecule has 0 spiro atoms. The largest absolute Gasteiger partial charge is 0.490 e. The van der Waals surface area contributed by atoms with Crippen LogP contribution in [-0.2, 0) is 9.59 Å². The van der Waals surface area contributed by atoms with E-state index in [4.69, 9.17) is 9.47 Å². The fraction of sp³-hybridized carbons (Fsp3) is 0.308. The summed E-state index contributed by atoms with van der Waals surface area (Å²) < 4.78 is 11.2. The van der Waals surface area contributed by atoms with Gasteiger partial charge in [0.25, 0.3) is 0 Å². The second-order valence-corrected chi connectivity index (χ2v) is 7.68. The van der Waals surface area contributed by atoms with Gasteiger partial charge in [-0.15, -0.1) is 0 Å². The second-order valence-electron chi connectivity index (χ2n) is 7.68. The van der Waals surface area contributed by atoms with Gasteiger partial charge in [0.05, 0.1) is 25.8 Å². The van der Waals surface area contributed by atoms with Gasteiger partial charge in [-0.3, -0.25) is 14.5 Å². The first-order valence-electron chi connectivity index (χ1n) is 11.1. The van der Waals surface area contributed by atoms with Gasteiger partial charge in [-0.2, -0.15) is 0 Å². The van der Waals surface area contributed by atoms with Crippen LogP contribution in [0.25, 0.3) is 10.8 Å². The average molecular weight is 450 g/mol. The topological polar surface area (TPSA) is 79.9 Å². The number of amides is 2. The second kappa shape index (κ2) is 11.3. The van der Waals surface area contributed by atoms with Gasteiger partial charge in [-0.05, 0) is 51.4 Å². The van der Waals surface area contributed by atoms with Gasteiger partial charge in [0.2, 0.25) is 11.8 Å². The molecule has 3 aromatic rings. The third-order valence-corrected chi connectivity index (χ3v) is 5.31. The standard InChI is InChI=1S/C26H31N3O4/c1-5-32-23-15-14-20(16-24(23)33-6-2)27-25(30)17-29(4)18(3)26(31)28-22-13-9-11-19-10-7-8-12-21(19)22/h7-16,18H,5-6,17H2,1-4H3,(H,27,30)(H,28,31)/t18-/m0/s1. The number of ether oxygens (including phenoxy) is 2. The minimum Gasteiger partial charge on any atom is -0.490 e. The summed E-state index contributed by atoms with van der Waals surface area (Å²) in [6.45, 7) is 6.64. The summed E-state index contributed by atoms with van der Waals surface area (Å²) in [6.07, 6.45) is 0. The predicted octanol–water partition coefficient (Wildman–Crippen LogP) is 4.53. The molecule has 0 unspecified atom stereocenters. The quantitative estimate of drug-likeness (QED) is 0.475. The molecule has 174 valence electrons. The van der Waals surface area contributed by atoms with Crippen LogP contribution in [0.15, 0.2) is 60.7 Å². The Morgan fingerprint density at radius 2 is 1.61 bits per heavy atom. The zero-order valence-corrected chi connectivity index (χ0v) is 19.6. The van der Waals surface area contributed by atoms with Crippen LogP contribution in [0.4, 0.5) is 11.4 Å². The molecule has 0 aliphatic rings. The molecule has 7 nitrogen and oxygen atoms in total. The third kappa shape index (κ3) is 6.23. The Kier molecular flexibility index (Phi) is 8.27. The van der Waals surface area contributed by atoms with E-state index in [1.165, 1.54) is 0 Å². The molecule has 2 amide bonds. The summed E-state index contributed by atoms with van der Waals surface area (Å²) in [5.74, 6) is 0.803. The van der Waals surface area contributed by atoms with Gasteiger partial charge in [0, 0.05) is 22.8 Å². The highest BCUT2D eigenvalue weighted by Crippen LogP contribution is 2.30. The number of nitrogens with one attached hydrogen (secondary N) is 2. The molecule has 0 bridgehead atoms. The molecular weight excluding hydrogens is 418 g/mol. The van der Waals surface area contributed by atoms with Crippen molar-refractivity contribution in [1.82, 2.24) is 4.90 Å². The number of carbonyl (C=O) groups excluding carboxylic acids is 2. The fourth-order valence-corrected chi connectivity index (χ4v) is 3.46. The highest BCUT2D eigenvalue weighted by atomic mass is 16.5. The van der Waals surface area contributed by atoms with Crippen molar-refractivity contribution in [1.29, 1.82) is 0 Å². The lowest BCUT2D eigenvalue weighted by molar-refractivity contribution is -0.122. The molecule has 0 saturated heterocycles. The van der Waals surface area contributed by atoms with Crippen LogP contribution in [0, 0.1) is 0 Å². The van der Waals surface area contributed by atoms with E-state index in [2.05, 4.69) is 10.6 Å². The molecule has 0 saturated carbocycles. The number of rotatable bonds is 10. The summed E-state index contributed by atoms with van der Waals surface area (Å²) >= 11 is 0. The number of hydrogen-bond acceptors (Lipinski definition) is 5. The van der Waals surface area contributed by atoms with Crippen molar-refractivity contribution in [3.05, 3.63) is 60.7 Å². The SMILES string of the molecule is CCOc1ccc(NC(=O)CN(C)[C@@H](C)C(=O)Nc2cccc3ccccc23)cc1OCC. The minimum absolute atomic E-state index is 0.0568. The number of likely N-dealkylation sites (N-methyl/N-ethyl adjacent to an activating group) is 1. The zero-order chi connectivity index (χ0) is 23.8. The van der Waals surface area contributed by atoms with Crippen molar-refractivity contribution in [2.75, 3.05) is 37.4 Å². The lowest BCUT2D eigenvalue weighted by Gasteiger charge is -2.23. The Hall–Kier alpha value is -3.58. The summed E-state index contributed by atoms with van der Waals surface area (Å²) in [5.41, 5.74) is 1.36. The maximum absolute atomic E-state index is 12.8. The minimum atomic E-state index is -0.506. The predicted molar refractivity (Wildman–Crippen MR) is 132 cm³/mol. The van der Waals surface area contributed by atoms with Crippen molar-refractivity contribution < 1.29 is 19.1 Å². The molecule has 7 heteroatoms. The molecule has 0 aliphatic heterocycles. The van der Waals surface area contributed by atoms with E-state index in [-0.39, 0.29) is 18.4 Å². The Labute approximate surface area is 194 Å². The van der Waals surface area contributed by atoms with Crippen molar-refractivity contribution in [2.45, 2.75) is 26.8 Å². The lowest BCUT2D eigenvalue weighted by Crippen LogP contribution is -2.43. The summed E-state index contributed by atoms with van der Waals surface area (Å²) in [6, 6.07) is 18.4. The van der Waals surface area contributed by atoms with E-state index in [0.29, 0.717) is 30.4 Å². The number of hydrogen-bond donors (Lipinski definition) is 2. The van der Waals surface area contributed by atoms with E-state index in [0.717, 1.165) is 16.5 Å². The first kappa shape index (κ1) is 24.1. The zero-order valence-electron chi connectivity index (χ0n) is 19.6. The Morgan fingerprint density at radius 1 is 0.909 bits per heavy atom. The molecule has 1 atom stereocenters. The Morgan fingerprint density at radius 3 is 2.36 bits per heavy atom. The van der Waals surface area contributed by atoms with Gasteiger partial charge >= 0.3 is 0 Å². The van der Waals surface area contributed by atoms with Gasteiger partial charge in [-0.25, -0.2) is 0 Å². The van der Waals surface area contributed by atoms with Crippen LogP contribution in [0.3, 0.4) is 0 Å². The van der Waals surface area contributed by atoms with Gasteiger partial charge < -0.3 is 20.1 Å². The van der Waals surface area contributed by atoms with E-state index in [1.54, 1.807) is 37.1 Å². The summed E-state index contributed by atoms with van der Waals surface area (Å²) in [5, 5.41) is 7.87. The smallest absolute Gasteiger partial charge is 0.241 e. The maximum Gasteiger partial charge on any atom is 0.241 e. The van der Waals surface area contributed by atoms with Crippen molar-refractivity contribution >= 4 is 34.0 Å². The van der Waals surface area contributed by atoms with E-state index < -0.39 is 6.04 Å². The van der Waals surface area contributed by atoms with Gasteiger partial charge in [-0.1, -0.05) is 36.4 Å². The van der Waals surface area contributed by atoms with Crippen LogP contribution in [-0.4, -0.2) is 49.6 Å². The lowest BCUT2D eigenvalue weighted by atomic mass is 10.1. The first-order valence-corrected chi connectivity index (χ1v) is 11.1. The average Bonchev–Trinajstić information content (AvgIpc) is 2.80. The van der Waals surface area contributed by atoms with Gasteiger partial charge in [0.1, 0.15) is 0 Å². The van der Waals surface area contributed by atoms with Crippen LogP contribution in [0.1, 0.15) is 20.8 Å². The molecule has 33 heavy (non-hydrogen) atoms. The number of nitrogens with zero attached hydrogens (tertiary/aromatic N) is 1. The molecule has 0 heterocycles. The van der Waals surface area contributed by atoms with Crippen molar-refractivity contribution in [3.63, 3.8) is 0 Å². The van der Waals surface area contributed by atoms with Crippen LogP contribution in [0.2, 0.25) is 0 Å². The highest BCUT2D eigenvalue weighted by Gasteiger charge is 2.21. The number of fused-ring (bicyclic) bond motifs is 1. The fourth-order valence-electron chi connectivity index (χ4n) is 3.46. The van der Waals surface area contributed by atoms with Crippen LogP contribution < -0.4 is 20.1 Å². The Bertz CT molecular complexity index is 1110. The normalized spacial score (nSPS) is 11.8. The maximum atomic E-state index is 12.8. The monoisotopic (exact) mass is 449 g/mol. The number of benzene rings is 3. The molecule has 0 aliphatic carbocycles. The third-order valence-electron chi connectivity index (χ3n) is 5.31. The van der Waals surface area contributed by atoms with E-state index in [1.807, 2.05) is 56.3 Å². The van der Waals surface area contributed by atoms with Crippen molar-refractivity contribution in [2.24, 2.45) is 0 Å². The van der Waals surface area contributed by atoms with Gasteiger partial charge in [0.15, 0.2) is 11.5 Å². The molecule has 3 aromatic carbocycles. The molecule has 3 rings (SSSR count). The Balaban J connectivity index is 1.60. The first-order chi connectivity index (χ1) is 15.9. The molecule has 0 fully saturated rings. The summed E-state index contributed by atoms with van der Waals surface area (Å²) in [7, 11) is 1.75. The molecule has 0 radical (unpaired) electrons. The van der Waals surface area contributed by atoms with E-state index in [9.17, 15) is 9.59 Å². The molecule has 2 N–H and O–H groups in total. The molecule has 0 aromatic heterocycles.